The van der Waals surface area contributed by atoms with Gasteiger partial charge in [0.05, 0.1) is 12.2 Å². The van der Waals surface area contributed by atoms with Gasteiger partial charge in [-0.1, -0.05) is 24.0 Å². The first kappa shape index (κ1) is 16.4. The number of nitrogens with one attached hydrogen (secondary N) is 1. The van der Waals surface area contributed by atoms with Crippen LogP contribution in [0.2, 0.25) is 0 Å². The van der Waals surface area contributed by atoms with Crippen molar-refractivity contribution in [2.45, 2.75) is 18.6 Å². The number of aliphatic hydroxyl groups excluding tert-OH is 1. The van der Waals surface area contributed by atoms with Gasteiger partial charge in [0.15, 0.2) is 0 Å². The second-order valence-corrected chi connectivity index (χ2v) is 6.14. The average Bonchev–Trinajstić information content (AvgIpc) is 2.45. The van der Waals surface area contributed by atoms with Crippen LogP contribution in [0, 0.1) is 11.8 Å². The summed E-state index contributed by atoms with van der Waals surface area (Å²) in [6.45, 7) is 2.19. The molecule has 0 aliphatic heterocycles. The zero-order valence-electron chi connectivity index (χ0n) is 11.7. The van der Waals surface area contributed by atoms with E-state index in [4.69, 9.17) is 5.11 Å². The molecule has 5 heteroatoms. The molecule has 4 nitrogen and oxygen atoms in total. The Morgan fingerprint density at radius 2 is 2.15 bits per heavy atom. The third kappa shape index (κ3) is 5.16. The predicted molar refractivity (Wildman–Crippen MR) is 80.9 cm³/mol. The number of hydrogen-bond acceptors (Lipinski definition) is 3. The van der Waals surface area contributed by atoms with Gasteiger partial charge in [-0.05, 0) is 19.1 Å². The van der Waals surface area contributed by atoms with Gasteiger partial charge in [0, 0.05) is 40.8 Å². The van der Waals surface area contributed by atoms with Crippen LogP contribution in [-0.4, -0.2) is 39.9 Å². The SMILES string of the molecule is CC(CNC(=O)c1ccccc1C#CCCO)S(C)=O. The summed E-state index contributed by atoms with van der Waals surface area (Å²) in [7, 11) is -0.965. The van der Waals surface area contributed by atoms with Gasteiger partial charge < -0.3 is 10.4 Å². The summed E-state index contributed by atoms with van der Waals surface area (Å²) in [6.07, 6.45) is 1.99. The Balaban J connectivity index is 2.78. The van der Waals surface area contributed by atoms with Crippen molar-refractivity contribution in [1.82, 2.24) is 5.32 Å². The lowest BCUT2D eigenvalue weighted by molar-refractivity contribution is 0.0954. The number of amides is 1. The van der Waals surface area contributed by atoms with Crippen LogP contribution in [0.4, 0.5) is 0 Å². The molecule has 0 spiro atoms. The lowest BCUT2D eigenvalue weighted by Crippen LogP contribution is -2.32. The first-order chi connectivity index (χ1) is 9.56. The van der Waals surface area contributed by atoms with Gasteiger partial charge in [-0.3, -0.25) is 9.00 Å². The van der Waals surface area contributed by atoms with Crippen LogP contribution in [0.15, 0.2) is 24.3 Å². The van der Waals surface area contributed by atoms with Crippen LogP contribution in [0.5, 0.6) is 0 Å². The molecule has 0 radical (unpaired) electrons. The molecule has 2 unspecified atom stereocenters. The molecule has 2 atom stereocenters. The van der Waals surface area contributed by atoms with Crippen molar-refractivity contribution < 1.29 is 14.1 Å². The monoisotopic (exact) mass is 293 g/mol. The molecule has 0 heterocycles. The fraction of sp³-hybridized carbons (Fsp3) is 0.400. The van der Waals surface area contributed by atoms with Gasteiger partial charge >= 0.3 is 0 Å². The molecule has 20 heavy (non-hydrogen) atoms. The quantitative estimate of drug-likeness (QED) is 0.793. The average molecular weight is 293 g/mol. The molecule has 0 saturated heterocycles. The highest BCUT2D eigenvalue weighted by molar-refractivity contribution is 7.84. The van der Waals surface area contributed by atoms with Crippen molar-refractivity contribution in [2.24, 2.45) is 0 Å². The number of aliphatic hydroxyl groups is 1. The number of carbonyl (C=O) groups excluding carboxylic acids is 1. The van der Waals surface area contributed by atoms with Crippen molar-refractivity contribution in [3.05, 3.63) is 35.4 Å². The minimum absolute atomic E-state index is 0.00118. The van der Waals surface area contributed by atoms with Crippen molar-refractivity contribution >= 4 is 16.7 Å². The summed E-state index contributed by atoms with van der Waals surface area (Å²) in [5.74, 6) is 5.45. The van der Waals surface area contributed by atoms with Gasteiger partial charge in [-0.2, -0.15) is 0 Å². The van der Waals surface area contributed by atoms with Crippen LogP contribution in [0.25, 0.3) is 0 Å². The maximum Gasteiger partial charge on any atom is 0.252 e. The number of hydrogen-bond donors (Lipinski definition) is 2. The van der Waals surface area contributed by atoms with Gasteiger partial charge in [0.25, 0.3) is 5.91 Å². The van der Waals surface area contributed by atoms with Crippen LogP contribution in [0.3, 0.4) is 0 Å². The topological polar surface area (TPSA) is 66.4 Å². The minimum atomic E-state index is -0.965. The molecular weight excluding hydrogens is 274 g/mol. The summed E-state index contributed by atoms with van der Waals surface area (Å²) in [4.78, 5) is 12.1. The fourth-order valence-electron chi connectivity index (χ4n) is 1.45. The molecular formula is C15H19NO3S. The van der Waals surface area contributed by atoms with Gasteiger partial charge in [-0.25, -0.2) is 0 Å². The molecule has 0 aliphatic rings. The molecule has 1 aromatic carbocycles. The van der Waals surface area contributed by atoms with E-state index in [1.165, 1.54) is 0 Å². The second kappa shape index (κ2) is 8.51. The summed E-state index contributed by atoms with van der Waals surface area (Å²) < 4.78 is 11.2. The summed E-state index contributed by atoms with van der Waals surface area (Å²) >= 11 is 0. The number of benzene rings is 1. The highest BCUT2D eigenvalue weighted by Crippen LogP contribution is 2.07. The first-order valence-corrected chi connectivity index (χ1v) is 7.97. The highest BCUT2D eigenvalue weighted by Gasteiger charge is 2.12. The second-order valence-electron chi connectivity index (χ2n) is 4.34. The zero-order chi connectivity index (χ0) is 15.0. The van der Waals surface area contributed by atoms with E-state index < -0.39 is 10.8 Å². The first-order valence-electron chi connectivity index (χ1n) is 6.35. The molecule has 1 amide bonds. The van der Waals surface area contributed by atoms with Crippen LogP contribution < -0.4 is 5.32 Å². The summed E-state index contributed by atoms with van der Waals surface area (Å²) in [5.41, 5.74) is 1.12. The summed E-state index contributed by atoms with van der Waals surface area (Å²) in [5, 5.41) is 11.4. The maximum atomic E-state index is 12.1. The predicted octanol–water partition coefficient (Wildman–Crippen LogP) is 0.917. The molecule has 0 bridgehead atoms. The molecule has 0 saturated carbocycles. The highest BCUT2D eigenvalue weighted by atomic mass is 32.2. The standard InChI is InChI=1S/C15H19NO3S/c1-12(20(2)19)11-16-15(18)14-9-4-3-7-13(14)8-5-6-10-17/h3-4,7,9,12,17H,6,10-11H2,1-2H3,(H,16,18). The summed E-state index contributed by atoms with van der Waals surface area (Å²) in [6, 6.07) is 7.05. The van der Waals surface area contributed by atoms with Crippen molar-refractivity contribution in [3.63, 3.8) is 0 Å². The molecule has 108 valence electrons. The number of carbonyl (C=O) groups is 1. The third-order valence-corrected chi connectivity index (χ3v) is 4.05. The van der Waals surface area contributed by atoms with Crippen molar-refractivity contribution in [1.29, 1.82) is 0 Å². The lowest BCUT2D eigenvalue weighted by Gasteiger charge is -2.10. The maximum absolute atomic E-state index is 12.1. The largest absolute Gasteiger partial charge is 0.395 e. The number of rotatable bonds is 5. The Hall–Kier alpha value is -1.64. The Labute approximate surface area is 122 Å². The lowest BCUT2D eigenvalue weighted by atomic mass is 10.1. The van der Waals surface area contributed by atoms with E-state index in [0.29, 0.717) is 24.1 Å². The van der Waals surface area contributed by atoms with Crippen molar-refractivity contribution in [3.8, 4) is 11.8 Å². The smallest absolute Gasteiger partial charge is 0.252 e. The van der Waals surface area contributed by atoms with Crippen LogP contribution >= 0.6 is 0 Å². The molecule has 1 aromatic rings. The van der Waals surface area contributed by atoms with E-state index in [0.717, 1.165) is 0 Å². The van der Waals surface area contributed by atoms with Crippen LogP contribution in [-0.2, 0) is 10.8 Å². The van der Waals surface area contributed by atoms with Gasteiger partial charge in [0.1, 0.15) is 0 Å². The Kier molecular flexibility index (Phi) is 6.99. The molecule has 0 aromatic heterocycles. The van der Waals surface area contributed by atoms with E-state index in [9.17, 15) is 9.00 Å². The van der Waals surface area contributed by atoms with E-state index >= 15 is 0 Å². The minimum Gasteiger partial charge on any atom is -0.395 e. The normalized spacial score (nSPS) is 12.9. The zero-order valence-corrected chi connectivity index (χ0v) is 12.5. The van der Waals surface area contributed by atoms with Gasteiger partial charge in [0.2, 0.25) is 0 Å². The van der Waals surface area contributed by atoms with E-state index in [1.807, 2.05) is 13.0 Å². The van der Waals surface area contributed by atoms with Crippen LogP contribution in [0.1, 0.15) is 29.3 Å². The molecule has 0 fully saturated rings. The van der Waals surface area contributed by atoms with E-state index in [2.05, 4.69) is 17.2 Å². The van der Waals surface area contributed by atoms with Gasteiger partial charge in [-0.15, -0.1) is 0 Å². The Morgan fingerprint density at radius 3 is 2.80 bits per heavy atom. The molecule has 1 rings (SSSR count). The molecule has 0 aliphatic carbocycles. The fourth-order valence-corrected chi connectivity index (χ4v) is 1.77. The van der Waals surface area contributed by atoms with E-state index in [1.54, 1.807) is 24.5 Å². The van der Waals surface area contributed by atoms with E-state index in [-0.39, 0.29) is 17.8 Å². The Morgan fingerprint density at radius 1 is 1.45 bits per heavy atom. The third-order valence-electron chi connectivity index (χ3n) is 2.75. The molecule has 2 N–H and O–H groups in total. The van der Waals surface area contributed by atoms with Crippen molar-refractivity contribution in [2.75, 3.05) is 19.4 Å². The Bertz CT molecular complexity index is 546.